The summed E-state index contributed by atoms with van der Waals surface area (Å²) in [5, 5.41) is 7.00. The predicted molar refractivity (Wildman–Crippen MR) is 160 cm³/mol. The summed E-state index contributed by atoms with van der Waals surface area (Å²) in [5.41, 5.74) is 5.26. The Balaban J connectivity index is 1.19. The molecule has 0 radical (unpaired) electrons. The van der Waals surface area contributed by atoms with Gasteiger partial charge < -0.3 is 14.5 Å². The van der Waals surface area contributed by atoms with Crippen LogP contribution in [0.1, 0.15) is 49.7 Å². The molecule has 7 heteroatoms. The highest BCUT2D eigenvalue weighted by atomic mass is 16.5. The molecule has 2 saturated heterocycles. The number of nitrogens with one attached hydrogen (secondary N) is 1. The lowest BCUT2D eigenvalue weighted by atomic mass is 10.1. The maximum Gasteiger partial charge on any atom is 0.229 e. The number of nitrogens with zero attached hydrogens (tertiary/aromatic N) is 5. The van der Waals surface area contributed by atoms with Crippen LogP contribution in [0.3, 0.4) is 0 Å². The molecular weight excluding hydrogens is 484 g/mol. The second-order valence-corrected chi connectivity index (χ2v) is 10.3. The summed E-state index contributed by atoms with van der Waals surface area (Å²) in [7, 11) is 0. The Hall–Kier alpha value is -4.13. The van der Waals surface area contributed by atoms with Crippen molar-refractivity contribution >= 4 is 34.6 Å². The van der Waals surface area contributed by atoms with E-state index in [2.05, 4.69) is 62.8 Å². The summed E-state index contributed by atoms with van der Waals surface area (Å²) in [4.78, 5) is 14.5. The molecule has 7 nitrogen and oxygen atoms in total. The van der Waals surface area contributed by atoms with Crippen LogP contribution in [0, 0.1) is 0 Å². The van der Waals surface area contributed by atoms with E-state index in [1.54, 1.807) is 0 Å². The van der Waals surface area contributed by atoms with Gasteiger partial charge in [0.2, 0.25) is 5.95 Å². The van der Waals surface area contributed by atoms with Crippen LogP contribution in [0.4, 0.5) is 17.6 Å². The average molecular weight is 521 g/mol. The number of anilines is 3. The summed E-state index contributed by atoms with van der Waals surface area (Å²) >= 11 is 0. The normalized spacial score (nSPS) is 16.1. The van der Waals surface area contributed by atoms with E-state index in [1.807, 2.05) is 36.5 Å². The van der Waals surface area contributed by atoms with Crippen molar-refractivity contribution in [2.45, 2.75) is 45.1 Å². The second kappa shape index (κ2) is 12.2. The zero-order valence-corrected chi connectivity index (χ0v) is 22.4. The molecule has 0 atom stereocenters. The van der Waals surface area contributed by atoms with E-state index in [0.29, 0.717) is 6.61 Å². The van der Waals surface area contributed by atoms with E-state index in [4.69, 9.17) is 14.7 Å². The van der Waals surface area contributed by atoms with E-state index in [0.717, 1.165) is 60.6 Å². The molecule has 0 spiro atoms. The van der Waals surface area contributed by atoms with Crippen molar-refractivity contribution in [2.24, 2.45) is 5.10 Å². The first-order valence-electron chi connectivity index (χ1n) is 14.2. The molecule has 3 heterocycles. The van der Waals surface area contributed by atoms with Gasteiger partial charge in [0.25, 0.3) is 0 Å². The molecule has 2 aliphatic heterocycles. The zero-order valence-electron chi connectivity index (χ0n) is 22.4. The lowest BCUT2D eigenvalue weighted by Crippen LogP contribution is -2.33. The van der Waals surface area contributed by atoms with Gasteiger partial charge in [0.05, 0.1) is 6.21 Å². The van der Waals surface area contributed by atoms with Gasteiger partial charge in [-0.1, -0.05) is 54.6 Å². The smallest absolute Gasteiger partial charge is 0.229 e. The summed E-state index contributed by atoms with van der Waals surface area (Å²) in [6.45, 7) is 4.59. The number of piperidine rings is 2. The van der Waals surface area contributed by atoms with Crippen LogP contribution >= 0.6 is 0 Å². The summed E-state index contributed by atoms with van der Waals surface area (Å²) in [5.74, 6) is 3.30. The van der Waals surface area contributed by atoms with Crippen LogP contribution in [0.2, 0.25) is 0 Å². The average Bonchev–Trinajstić information content (AvgIpc) is 3.01. The first-order chi connectivity index (χ1) is 19.3. The SMILES string of the molecule is C(=N/Nc1cc(N2CCCCC2)nc(N2CCCCC2)n1)/c1ccccc1OCc1cccc2ccccc12. The minimum Gasteiger partial charge on any atom is -0.488 e. The van der Waals surface area contributed by atoms with Gasteiger partial charge in [-0.15, -0.1) is 0 Å². The summed E-state index contributed by atoms with van der Waals surface area (Å²) < 4.78 is 6.27. The molecule has 4 aromatic rings. The number of benzene rings is 3. The third-order valence-electron chi connectivity index (χ3n) is 7.58. The number of para-hydroxylation sites is 1. The van der Waals surface area contributed by atoms with Crippen LogP contribution < -0.4 is 20.0 Å². The van der Waals surface area contributed by atoms with Crippen LogP contribution in [-0.4, -0.2) is 42.4 Å². The fourth-order valence-corrected chi connectivity index (χ4v) is 5.46. The van der Waals surface area contributed by atoms with Crippen molar-refractivity contribution < 1.29 is 4.74 Å². The third-order valence-corrected chi connectivity index (χ3v) is 7.58. The molecule has 3 aromatic carbocycles. The van der Waals surface area contributed by atoms with Crippen LogP contribution in [0.5, 0.6) is 5.75 Å². The zero-order chi connectivity index (χ0) is 26.3. The number of fused-ring (bicyclic) bond motifs is 1. The Morgan fingerprint density at radius 1 is 0.769 bits per heavy atom. The number of hydrazone groups is 1. The monoisotopic (exact) mass is 520 g/mol. The Kier molecular flexibility index (Phi) is 7.84. The Bertz CT molecular complexity index is 1380. The molecule has 2 fully saturated rings. The van der Waals surface area contributed by atoms with Crippen molar-refractivity contribution in [3.8, 4) is 5.75 Å². The molecule has 1 N–H and O–H groups in total. The van der Waals surface area contributed by atoms with Crippen molar-refractivity contribution in [1.82, 2.24) is 9.97 Å². The van der Waals surface area contributed by atoms with E-state index in [-0.39, 0.29) is 0 Å². The predicted octanol–water partition coefficient (Wildman–Crippen LogP) is 6.64. The van der Waals surface area contributed by atoms with Crippen molar-refractivity contribution in [1.29, 1.82) is 0 Å². The number of aromatic nitrogens is 2. The second-order valence-electron chi connectivity index (χ2n) is 10.3. The molecule has 1 aromatic heterocycles. The molecule has 2 aliphatic rings. The van der Waals surface area contributed by atoms with Crippen molar-refractivity contribution in [3.63, 3.8) is 0 Å². The topological polar surface area (TPSA) is 65.9 Å². The van der Waals surface area contributed by atoms with Crippen LogP contribution in [0.25, 0.3) is 10.8 Å². The first kappa shape index (κ1) is 25.2. The van der Waals surface area contributed by atoms with Crippen molar-refractivity contribution in [3.05, 3.63) is 83.9 Å². The van der Waals surface area contributed by atoms with Gasteiger partial charge in [0.15, 0.2) is 5.82 Å². The first-order valence-corrected chi connectivity index (χ1v) is 14.2. The van der Waals surface area contributed by atoms with Gasteiger partial charge in [-0.05, 0) is 67.0 Å². The molecule has 39 heavy (non-hydrogen) atoms. The Labute approximate surface area is 230 Å². The number of hydrogen-bond donors (Lipinski definition) is 1. The molecule has 0 saturated carbocycles. The minimum atomic E-state index is 0.490. The summed E-state index contributed by atoms with van der Waals surface area (Å²) in [6.07, 6.45) is 9.17. The van der Waals surface area contributed by atoms with Crippen LogP contribution in [0.15, 0.2) is 77.9 Å². The van der Waals surface area contributed by atoms with Gasteiger partial charge in [-0.25, -0.2) is 0 Å². The number of hydrogen-bond acceptors (Lipinski definition) is 7. The highest BCUT2D eigenvalue weighted by molar-refractivity contribution is 5.86. The Morgan fingerprint density at radius 3 is 2.33 bits per heavy atom. The Morgan fingerprint density at radius 2 is 1.49 bits per heavy atom. The fourth-order valence-electron chi connectivity index (χ4n) is 5.46. The van der Waals surface area contributed by atoms with Gasteiger partial charge in [0.1, 0.15) is 18.2 Å². The highest BCUT2D eigenvalue weighted by Crippen LogP contribution is 2.26. The third kappa shape index (κ3) is 6.14. The molecule has 6 rings (SSSR count). The lowest BCUT2D eigenvalue weighted by Gasteiger charge is -2.31. The number of ether oxygens (including phenoxy) is 1. The van der Waals surface area contributed by atoms with Crippen LogP contribution in [-0.2, 0) is 6.61 Å². The highest BCUT2D eigenvalue weighted by Gasteiger charge is 2.19. The molecular formula is C32H36N6O. The quantitative estimate of drug-likeness (QED) is 0.208. The van der Waals surface area contributed by atoms with Gasteiger partial charge in [0, 0.05) is 37.8 Å². The summed E-state index contributed by atoms with van der Waals surface area (Å²) in [6, 6.07) is 24.8. The molecule has 0 unspecified atom stereocenters. The van der Waals surface area contributed by atoms with Crippen molar-refractivity contribution in [2.75, 3.05) is 41.4 Å². The standard InChI is InChI=1S/C32H36N6O/c1-7-18-37(19-8-1)31-22-30(34-32(35-31)38-20-9-2-10-21-38)36-33-23-26-13-4-6-17-29(26)39-24-27-15-11-14-25-12-3-5-16-28(25)27/h3-6,11-17,22-23H,1-2,7-10,18-21,24H2,(H,34,35,36)/b33-23-. The van der Waals surface area contributed by atoms with E-state index in [9.17, 15) is 0 Å². The maximum atomic E-state index is 6.27. The van der Waals surface area contributed by atoms with Gasteiger partial charge in [-0.2, -0.15) is 15.1 Å². The van der Waals surface area contributed by atoms with E-state index >= 15 is 0 Å². The molecule has 0 amide bonds. The fraction of sp³-hybridized carbons (Fsp3) is 0.344. The van der Waals surface area contributed by atoms with Gasteiger partial charge in [-0.3, -0.25) is 5.43 Å². The minimum absolute atomic E-state index is 0.490. The van der Waals surface area contributed by atoms with E-state index in [1.165, 1.54) is 49.3 Å². The number of rotatable bonds is 8. The maximum absolute atomic E-state index is 6.27. The molecule has 200 valence electrons. The molecule has 0 bridgehead atoms. The lowest BCUT2D eigenvalue weighted by molar-refractivity contribution is 0.307. The largest absolute Gasteiger partial charge is 0.488 e. The van der Waals surface area contributed by atoms with E-state index < -0.39 is 0 Å². The van der Waals surface area contributed by atoms with Gasteiger partial charge >= 0.3 is 0 Å². The molecule has 0 aliphatic carbocycles.